The average molecular weight is 243 g/mol. The first-order valence-electron chi connectivity index (χ1n) is 4.99. The number of carbonyl (C=O) groups is 1. The van der Waals surface area contributed by atoms with Gasteiger partial charge in [0.2, 0.25) is 6.10 Å². The van der Waals surface area contributed by atoms with Crippen LogP contribution in [0.4, 0.5) is 4.79 Å². The highest BCUT2D eigenvalue weighted by molar-refractivity contribution is 7.96. The second-order valence-corrected chi connectivity index (χ2v) is 3.83. The third kappa shape index (κ3) is 2.40. The molecular formula is C13H9NO2S. The Labute approximate surface area is 104 Å². The molecule has 3 nitrogen and oxygen atoms in total. The van der Waals surface area contributed by atoms with Crippen molar-refractivity contribution in [3.63, 3.8) is 0 Å². The fraction of sp³-hybridized carbons (Fsp3) is 0.0769. The van der Waals surface area contributed by atoms with Gasteiger partial charge >= 0.3 is 5.30 Å². The number of benzene rings is 2. The summed E-state index contributed by atoms with van der Waals surface area (Å²) in [6.45, 7) is 0. The first-order chi connectivity index (χ1) is 8.22. The Morgan fingerprint density at radius 3 is 2.65 bits per heavy atom. The maximum absolute atomic E-state index is 10.8. The van der Waals surface area contributed by atoms with E-state index >= 15 is 0 Å². The lowest BCUT2D eigenvalue weighted by molar-refractivity contribution is 0.152. The van der Waals surface area contributed by atoms with E-state index in [1.54, 1.807) is 6.07 Å². The number of nitrogens with zero attached hydrogens (tertiary/aromatic N) is 1. The van der Waals surface area contributed by atoms with Gasteiger partial charge in [-0.05, 0) is 10.8 Å². The summed E-state index contributed by atoms with van der Waals surface area (Å²) in [6.07, 6.45) is -0.925. The van der Waals surface area contributed by atoms with Gasteiger partial charge < -0.3 is 4.74 Å². The van der Waals surface area contributed by atoms with Gasteiger partial charge in [-0.2, -0.15) is 5.26 Å². The van der Waals surface area contributed by atoms with Crippen molar-refractivity contribution in [1.82, 2.24) is 0 Å². The standard InChI is InChI=1S/C13H9NO2S/c14-8-12(16-13(15)17)11-7-3-5-9-4-1-2-6-10(9)11/h1-7,12H,(H,15,17). The monoisotopic (exact) mass is 243 g/mol. The smallest absolute Gasteiger partial charge is 0.365 e. The van der Waals surface area contributed by atoms with Gasteiger partial charge in [0.1, 0.15) is 6.07 Å². The SMILES string of the molecule is N#CC(OC(=O)S)c1cccc2ccccc12. The number of hydrogen-bond acceptors (Lipinski definition) is 3. The van der Waals surface area contributed by atoms with Crippen LogP contribution in [0.2, 0.25) is 0 Å². The molecule has 1 atom stereocenters. The molecule has 0 saturated carbocycles. The highest BCUT2D eigenvalue weighted by Crippen LogP contribution is 2.26. The molecule has 0 N–H and O–H groups in total. The molecule has 0 saturated heterocycles. The summed E-state index contributed by atoms with van der Waals surface area (Å²) in [4.78, 5) is 10.8. The van der Waals surface area contributed by atoms with Gasteiger partial charge in [0.15, 0.2) is 0 Å². The number of hydrogen-bond donors (Lipinski definition) is 1. The summed E-state index contributed by atoms with van der Waals surface area (Å²) in [6, 6.07) is 15.1. The van der Waals surface area contributed by atoms with Gasteiger partial charge in [0, 0.05) is 5.56 Å². The van der Waals surface area contributed by atoms with Crippen LogP contribution in [0.3, 0.4) is 0 Å². The Bertz CT molecular complexity index is 598. The zero-order valence-electron chi connectivity index (χ0n) is 8.83. The Morgan fingerprint density at radius 2 is 1.94 bits per heavy atom. The fourth-order valence-corrected chi connectivity index (χ4v) is 1.84. The van der Waals surface area contributed by atoms with Gasteiger partial charge in [0.05, 0.1) is 0 Å². The minimum atomic E-state index is -0.925. The number of fused-ring (bicyclic) bond motifs is 1. The Balaban J connectivity index is 2.54. The summed E-state index contributed by atoms with van der Waals surface area (Å²) in [5.74, 6) is 0. The first kappa shape index (κ1) is 11.5. The van der Waals surface area contributed by atoms with E-state index in [0.29, 0.717) is 5.56 Å². The molecule has 2 aromatic rings. The van der Waals surface area contributed by atoms with Crippen LogP contribution in [-0.4, -0.2) is 5.30 Å². The van der Waals surface area contributed by atoms with Crippen LogP contribution in [0.25, 0.3) is 10.8 Å². The minimum Gasteiger partial charge on any atom is -0.434 e. The summed E-state index contributed by atoms with van der Waals surface area (Å²) in [5, 5.41) is 10.2. The van der Waals surface area contributed by atoms with Crippen molar-refractivity contribution in [2.75, 3.05) is 0 Å². The minimum absolute atomic E-state index is 0.674. The van der Waals surface area contributed by atoms with Crippen molar-refractivity contribution >= 4 is 28.7 Å². The van der Waals surface area contributed by atoms with Crippen molar-refractivity contribution in [2.24, 2.45) is 0 Å². The summed E-state index contributed by atoms with van der Waals surface area (Å²) >= 11 is 3.52. The number of nitriles is 1. The van der Waals surface area contributed by atoms with Crippen molar-refractivity contribution in [3.05, 3.63) is 48.0 Å². The second kappa shape index (κ2) is 4.89. The molecule has 4 heteroatoms. The van der Waals surface area contributed by atoms with Gasteiger partial charge in [-0.15, -0.1) is 0 Å². The van der Waals surface area contributed by atoms with Crippen LogP contribution in [0, 0.1) is 11.3 Å². The molecular weight excluding hydrogens is 234 g/mol. The molecule has 0 radical (unpaired) electrons. The van der Waals surface area contributed by atoms with Crippen molar-refractivity contribution in [3.8, 4) is 6.07 Å². The van der Waals surface area contributed by atoms with Gasteiger partial charge in [-0.25, -0.2) is 4.79 Å². The first-order valence-corrected chi connectivity index (χ1v) is 5.44. The molecule has 84 valence electrons. The Kier molecular flexibility index (Phi) is 3.31. The van der Waals surface area contributed by atoms with Crippen LogP contribution in [0.1, 0.15) is 11.7 Å². The lowest BCUT2D eigenvalue weighted by Gasteiger charge is -2.11. The fourth-order valence-electron chi connectivity index (χ4n) is 1.74. The predicted molar refractivity (Wildman–Crippen MR) is 67.8 cm³/mol. The molecule has 0 aliphatic rings. The lowest BCUT2D eigenvalue weighted by Crippen LogP contribution is -2.04. The Hall–Kier alpha value is -1.99. The van der Waals surface area contributed by atoms with Crippen molar-refractivity contribution in [2.45, 2.75) is 6.10 Å². The van der Waals surface area contributed by atoms with E-state index in [1.807, 2.05) is 42.5 Å². The van der Waals surface area contributed by atoms with Crippen molar-refractivity contribution in [1.29, 1.82) is 5.26 Å². The van der Waals surface area contributed by atoms with Crippen LogP contribution in [-0.2, 0) is 4.74 Å². The molecule has 0 fully saturated rings. The van der Waals surface area contributed by atoms with Crippen LogP contribution < -0.4 is 0 Å². The summed E-state index contributed by atoms with van der Waals surface area (Å²) < 4.78 is 4.86. The van der Waals surface area contributed by atoms with Crippen molar-refractivity contribution < 1.29 is 9.53 Å². The number of carbonyl (C=O) groups excluding carboxylic acids is 1. The molecule has 0 aliphatic carbocycles. The molecule has 0 amide bonds. The molecule has 0 aliphatic heterocycles. The van der Waals surface area contributed by atoms with E-state index in [-0.39, 0.29) is 0 Å². The van der Waals surface area contributed by atoms with E-state index < -0.39 is 11.4 Å². The largest absolute Gasteiger partial charge is 0.434 e. The summed E-state index contributed by atoms with van der Waals surface area (Å²) in [5.41, 5.74) is 0.674. The number of thiol groups is 1. The normalized spacial score (nSPS) is 11.8. The molecule has 2 aromatic carbocycles. The van der Waals surface area contributed by atoms with E-state index in [0.717, 1.165) is 10.8 Å². The zero-order valence-corrected chi connectivity index (χ0v) is 9.72. The number of ether oxygens (including phenoxy) is 1. The lowest BCUT2D eigenvalue weighted by atomic mass is 10.0. The molecule has 0 heterocycles. The molecule has 17 heavy (non-hydrogen) atoms. The average Bonchev–Trinajstić information content (AvgIpc) is 2.35. The van der Waals surface area contributed by atoms with Gasteiger partial charge in [-0.3, -0.25) is 0 Å². The second-order valence-electron chi connectivity index (χ2n) is 3.46. The highest BCUT2D eigenvalue weighted by Gasteiger charge is 2.16. The molecule has 1 unspecified atom stereocenters. The third-order valence-corrected chi connectivity index (χ3v) is 2.55. The maximum atomic E-state index is 10.8. The van der Waals surface area contributed by atoms with Gasteiger partial charge in [-0.1, -0.05) is 55.1 Å². The maximum Gasteiger partial charge on any atom is 0.365 e. The molecule has 0 bridgehead atoms. The predicted octanol–water partition coefficient (Wildman–Crippen LogP) is 3.47. The molecule has 0 spiro atoms. The van der Waals surface area contributed by atoms with Crippen LogP contribution in [0.15, 0.2) is 42.5 Å². The molecule has 0 aromatic heterocycles. The summed E-state index contributed by atoms with van der Waals surface area (Å²) in [7, 11) is 0. The van der Waals surface area contributed by atoms with Crippen LogP contribution >= 0.6 is 12.6 Å². The van der Waals surface area contributed by atoms with E-state index in [4.69, 9.17) is 10.00 Å². The van der Waals surface area contributed by atoms with E-state index in [2.05, 4.69) is 12.6 Å². The zero-order chi connectivity index (χ0) is 12.3. The quantitative estimate of drug-likeness (QED) is 0.649. The van der Waals surface area contributed by atoms with Crippen LogP contribution in [0.5, 0.6) is 0 Å². The highest BCUT2D eigenvalue weighted by atomic mass is 32.1. The van der Waals surface area contributed by atoms with E-state index in [1.165, 1.54) is 0 Å². The third-order valence-electron chi connectivity index (χ3n) is 2.44. The topological polar surface area (TPSA) is 50.1 Å². The number of rotatable bonds is 2. The van der Waals surface area contributed by atoms with E-state index in [9.17, 15) is 4.79 Å². The Morgan fingerprint density at radius 1 is 1.24 bits per heavy atom. The molecule has 2 rings (SSSR count). The van der Waals surface area contributed by atoms with Gasteiger partial charge in [0.25, 0.3) is 0 Å².